The molecule has 1 aromatic carbocycles. The number of likely N-dealkylation sites (N-methyl/N-ethyl adjacent to an activating group) is 1. The van der Waals surface area contributed by atoms with Gasteiger partial charge in [-0.2, -0.15) is 0 Å². The summed E-state index contributed by atoms with van der Waals surface area (Å²) in [4.78, 5) is 42.7. The number of anilines is 1. The first-order valence-electron chi connectivity index (χ1n) is 12.5. The molecule has 3 aromatic rings. The van der Waals surface area contributed by atoms with Gasteiger partial charge in [-0.1, -0.05) is 0 Å². The zero-order valence-corrected chi connectivity index (χ0v) is 21.1. The molecule has 3 N–H and O–H groups in total. The number of nitrogens with one attached hydrogen (secondary N) is 3. The third kappa shape index (κ3) is 4.64. The molecular weight excluding hydrogens is 477 g/mol. The average molecular weight is 510 g/mol. The Morgan fingerprint density at radius 2 is 2.08 bits per heavy atom. The second-order valence-electron chi connectivity index (χ2n) is 9.65. The van der Waals surface area contributed by atoms with E-state index in [1.54, 1.807) is 38.5 Å². The van der Waals surface area contributed by atoms with E-state index in [0.717, 1.165) is 17.4 Å². The van der Waals surface area contributed by atoms with Gasteiger partial charge in [-0.05, 0) is 50.2 Å². The van der Waals surface area contributed by atoms with Crippen LogP contribution in [0.1, 0.15) is 24.8 Å². The van der Waals surface area contributed by atoms with Crippen LogP contribution in [0.2, 0.25) is 0 Å². The number of fused-ring (bicyclic) bond motifs is 2. The number of H-pyrrole nitrogens is 1. The van der Waals surface area contributed by atoms with Crippen LogP contribution in [-0.2, 0) is 14.3 Å². The molecule has 5 atom stereocenters. The van der Waals surface area contributed by atoms with E-state index in [-0.39, 0.29) is 42.2 Å². The number of hydrogen-bond acceptors (Lipinski definition) is 7. The van der Waals surface area contributed by atoms with Gasteiger partial charge in [-0.15, -0.1) is 0 Å². The van der Waals surface area contributed by atoms with E-state index in [2.05, 4.69) is 30.5 Å². The monoisotopic (exact) mass is 509 g/mol. The van der Waals surface area contributed by atoms with Crippen LogP contribution < -0.4 is 15.5 Å². The summed E-state index contributed by atoms with van der Waals surface area (Å²) in [6, 6.07) is 5.04. The van der Waals surface area contributed by atoms with Crippen molar-refractivity contribution in [3.8, 4) is 0 Å². The summed E-state index contributed by atoms with van der Waals surface area (Å²) >= 11 is 0. The lowest BCUT2D eigenvalue weighted by Gasteiger charge is -2.32. The highest BCUT2D eigenvalue weighted by Gasteiger charge is 2.52. The Balaban J connectivity index is 1.50. The molecule has 0 bridgehead atoms. The van der Waals surface area contributed by atoms with Gasteiger partial charge in [-0.25, -0.2) is 14.4 Å². The fraction of sp³-hybridized carbons (Fsp3) is 0.462. The number of halogens is 1. The Labute approximate surface area is 214 Å². The van der Waals surface area contributed by atoms with Gasteiger partial charge in [0.2, 0.25) is 17.8 Å². The van der Waals surface area contributed by atoms with Crippen molar-refractivity contribution < 1.29 is 18.7 Å². The number of likely N-dealkylation sites (tertiary alicyclic amines) is 1. The number of carbonyl (C=O) groups excluding carboxylic acids is 2. The summed E-state index contributed by atoms with van der Waals surface area (Å²) in [5.41, 5.74) is 1.72. The average Bonchev–Trinajstić information content (AvgIpc) is 3.62. The molecule has 0 aliphatic carbocycles. The quantitative estimate of drug-likeness (QED) is 0.421. The Bertz CT molecular complexity index is 1270. The minimum Gasteiger partial charge on any atom is -0.382 e. The van der Waals surface area contributed by atoms with Crippen molar-refractivity contribution in [2.75, 3.05) is 38.8 Å². The van der Waals surface area contributed by atoms with Gasteiger partial charge in [0.25, 0.3) is 0 Å². The molecule has 2 aliphatic heterocycles. The molecule has 196 valence electrons. The zero-order chi connectivity index (χ0) is 26.1. The summed E-state index contributed by atoms with van der Waals surface area (Å²) in [5.74, 6) is -0.220. The van der Waals surface area contributed by atoms with Crippen molar-refractivity contribution in [2.24, 2.45) is 0 Å². The smallest absolute Gasteiger partial charge is 0.247 e. The van der Waals surface area contributed by atoms with Gasteiger partial charge in [0.05, 0.1) is 24.7 Å². The van der Waals surface area contributed by atoms with Gasteiger partial charge in [-0.3, -0.25) is 9.59 Å². The van der Waals surface area contributed by atoms with Crippen molar-refractivity contribution in [2.45, 2.75) is 43.4 Å². The number of aromatic amines is 1. The molecule has 10 nitrogen and oxygen atoms in total. The highest BCUT2D eigenvalue weighted by Crippen LogP contribution is 2.44. The van der Waals surface area contributed by atoms with Gasteiger partial charge in [0.15, 0.2) is 0 Å². The number of aromatic nitrogens is 3. The van der Waals surface area contributed by atoms with E-state index >= 15 is 0 Å². The van der Waals surface area contributed by atoms with E-state index < -0.39 is 12.1 Å². The standard InChI is InChI=1S/C26H32FN7O3/c1-15(28-2)24(35)32-21(14-37-3)25(36)33-10-7-22-23(33)19(13-34(22)26-29-8-4-9-30-26)18-12-31-20-11-16(27)5-6-17(18)20/h4-6,8-9,11-12,15,19,21-23,28,31H,7,10,13-14H2,1-3H3,(H,32,35). The molecule has 2 aliphatic rings. The topological polar surface area (TPSA) is 115 Å². The first kappa shape index (κ1) is 25.1. The Morgan fingerprint density at radius 1 is 1.30 bits per heavy atom. The molecule has 11 heteroatoms. The second-order valence-corrected chi connectivity index (χ2v) is 9.65. The highest BCUT2D eigenvalue weighted by molar-refractivity contribution is 5.90. The van der Waals surface area contributed by atoms with Crippen LogP contribution in [0.4, 0.5) is 10.3 Å². The first-order chi connectivity index (χ1) is 17.9. The van der Waals surface area contributed by atoms with Gasteiger partial charge in [0.1, 0.15) is 11.9 Å². The van der Waals surface area contributed by atoms with Crippen molar-refractivity contribution in [1.29, 1.82) is 0 Å². The fourth-order valence-electron chi connectivity index (χ4n) is 5.69. The molecular formula is C26H32FN7O3. The first-order valence-corrected chi connectivity index (χ1v) is 12.5. The molecule has 0 saturated carbocycles. The van der Waals surface area contributed by atoms with E-state index in [0.29, 0.717) is 24.6 Å². The summed E-state index contributed by atoms with van der Waals surface area (Å²) < 4.78 is 19.2. The second kappa shape index (κ2) is 10.4. The van der Waals surface area contributed by atoms with Crippen molar-refractivity contribution in [3.05, 3.63) is 54.2 Å². The molecule has 0 radical (unpaired) electrons. The van der Waals surface area contributed by atoms with Crippen LogP contribution in [0.25, 0.3) is 10.9 Å². The lowest BCUT2D eigenvalue weighted by molar-refractivity contribution is -0.139. The Morgan fingerprint density at radius 3 is 2.81 bits per heavy atom. The molecule has 2 fully saturated rings. The highest BCUT2D eigenvalue weighted by atomic mass is 19.1. The minimum atomic E-state index is -0.813. The number of ether oxygens (including phenoxy) is 1. The van der Waals surface area contributed by atoms with Crippen LogP contribution >= 0.6 is 0 Å². The summed E-state index contributed by atoms with van der Waals surface area (Å²) in [5, 5.41) is 6.67. The SMILES string of the molecule is CNC(C)C(=O)NC(COC)C(=O)N1CCC2C1C(c1c[nH]c3cc(F)ccc13)CN2c1ncccn1. The summed E-state index contributed by atoms with van der Waals surface area (Å²) in [6.07, 6.45) is 6.07. The van der Waals surface area contributed by atoms with E-state index in [1.807, 2.05) is 11.1 Å². The number of hydrogen-bond donors (Lipinski definition) is 3. The van der Waals surface area contributed by atoms with Gasteiger partial charge in [0, 0.05) is 55.6 Å². The van der Waals surface area contributed by atoms with Gasteiger partial charge >= 0.3 is 0 Å². The van der Waals surface area contributed by atoms with E-state index in [9.17, 15) is 14.0 Å². The molecule has 5 unspecified atom stereocenters. The summed E-state index contributed by atoms with van der Waals surface area (Å²) in [6.45, 7) is 2.94. The number of nitrogens with zero attached hydrogens (tertiary/aromatic N) is 4. The fourth-order valence-corrected chi connectivity index (χ4v) is 5.69. The van der Waals surface area contributed by atoms with Crippen molar-refractivity contribution >= 4 is 28.7 Å². The van der Waals surface area contributed by atoms with E-state index in [1.165, 1.54) is 19.2 Å². The van der Waals surface area contributed by atoms with E-state index in [4.69, 9.17) is 4.74 Å². The van der Waals surface area contributed by atoms with Crippen LogP contribution in [0, 0.1) is 5.82 Å². The third-order valence-electron chi connectivity index (χ3n) is 7.57. The Kier molecular flexibility index (Phi) is 7.07. The maximum Gasteiger partial charge on any atom is 0.247 e. The number of benzene rings is 1. The molecule has 37 heavy (non-hydrogen) atoms. The molecule has 5 rings (SSSR count). The normalized spacial score (nSPS) is 22.8. The lowest BCUT2D eigenvalue weighted by Crippen LogP contribution is -2.56. The van der Waals surface area contributed by atoms with Crippen LogP contribution in [-0.4, -0.2) is 89.7 Å². The number of rotatable bonds is 8. The maximum absolute atomic E-state index is 13.9. The molecule has 0 spiro atoms. The molecule has 2 amide bonds. The van der Waals surface area contributed by atoms with Crippen LogP contribution in [0.5, 0.6) is 0 Å². The predicted octanol–water partition coefficient (Wildman–Crippen LogP) is 1.41. The largest absolute Gasteiger partial charge is 0.382 e. The summed E-state index contributed by atoms with van der Waals surface area (Å²) in [7, 11) is 3.21. The predicted molar refractivity (Wildman–Crippen MR) is 137 cm³/mol. The van der Waals surface area contributed by atoms with Crippen LogP contribution in [0.3, 0.4) is 0 Å². The maximum atomic E-state index is 13.9. The lowest BCUT2D eigenvalue weighted by atomic mass is 9.91. The molecule has 2 aromatic heterocycles. The van der Waals surface area contributed by atoms with Crippen LogP contribution in [0.15, 0.2) is 42.9 Å². The van der Waals surface area contributed by atoms with Crippen molar-refractivity contribution in [1.82, 2.24) is 30.5 Å². The van der Waals surface area contributed by atoms with Gasteiger partial charge < -0.3 is 30.2 Å². The van der Waals surface area contributed by atoms with Crippen molar-refractivity contribution in [3.63, 3.8) is 0 Å². The molecule has 2 saturated heterocycles. The minimum absolute atomic E-state index is 0.00289. The number of methoxy groups -OCH3 is 1. The third-order valence-corrected chi connectivity index (χ3v) is 7.57. The Hall–Kier alpha value is -3.57. The number of carbonyl (C=O) groups is 2. The molecule has 4 heterocycles. The zero-order valence-electron chi connectivity index (χ0n) is 21.1. The number of amides is 2.